The first-order valence-corrected chi connectivity index (χ1v) is 12.6. The van der Waals surface area contributed by atoms with Gasteiger partial charge in [-0.2, -0.15) is 0 Å². The fourth-order valence-electron chi connectivity index (χ4n) is 3.77. The number of rotatable bonds is 22. The zero-order valence-corrected chi connectivity index (χ0v) is 18.9. The van der Waals surface area contributed by atoms with E-state index in [1.807, 2.05) is 0 Å². The van der Waals surface area contributed by atoms with Crippen LogP contribution in [-0.2, 0) is 14.3 Å². The minimum atomic E-state index is -0.0533. The maximum Gasteiger partial charge on any atom is 0.305 e. The molecule has 0 saturated carbocycles. The van der Waals surface area contributed by atoms with Crippen molar-refractivity contribution in [3.63, 3.8) is 0 Å². The highest BCUT2D eigenvalue weighted by Crippen LogP contribution is 2.15. The van der Waals surface area contributed by atoms with Crippen molar-refractivity contribution in [1.29, 1.82) is 0 Å². The van der Waals surface area contributed by atoms with Crippen molar-refractivity contribution in [2.45, 2.75) is 149 Å². The standard InChI is InChI=1S/C25H48O3.CH4/c1-2-3-4-5-6-7-8-9-10-11-12-13-14-15-16-17-18-19-20-21-25(26)28-23-24-22-27-24;/h24H,2-23H2,1H3;1H4. The van der Waals surface area contributed by atoms with Crippen LogP contribution < -0.4 is 0 Å². The molecule has 1 aliphatic rings. The highest BCUT2D eigenvalue weighted by Gasteiger charge is 2.23. The molecule has 0 aromatic heterocycles. The van der Waals surface area contributed by atoms with Gasteiger partial charge in [0.2, 0.25) is 0 Å². The molecular formula is C26H52O3. The van der Waals surface area contributed by atoms with E-state index < -0.39 is 0 Å². The van der Waals surface area contributed by atoms with Crippen LogP contribution in [0.5, 0.6) is 0 Å². The Kier molecular flexibility index (Phi) is 21.7. The summed E-state index contributed by atoms with van der Waals surface area (Å²) in [5, 5.41) is 0. The predicted molar refractivity (Wildman–Crippen MR) is 125 cm³/mol. The number of carbonyl (C=O) groups excluding carboxylic acids is 1. The number of hydrogen-bond acceptors (Lipinski definition) is 3. The van der Waals surface area contributed by atoms with Crippen LogP contribution >= 0.6 is 0 Å². The second-order valence-electron chi connectivity index (χ2n) is 8.75. The second-order valence-corrected chi connectivity index (χ2v) is 8.75. The maximum atomic E-state index is 11.5. The molecule has 1 fully saturated rings. The van der Waals surface area contributed by atoms with E-state index in [-0.39, 0.29) is 19.5 Å². The van der Waals surface area contributed by atoms with Crippen LogP contribution in [0.25, 0.3) is 0 Å². The van der Waals surface area contributed by atoms with Crippen LogP contribution in [0.3, 0.4) is 0 Å². The number of hydrogen-bond donors (Lipinski definition) is 0. The lowest BCUT2D eigenvalue weighted by molar-refractivity contribution is -0.144. The van der Waals surface area contributed by atoms with Gasteiger partial charge in [-0.15, -0.1) is 0 Å². The summed E-state index contributed by atoms with van der Waals surface area (Å²) in [6.45, 7) is 3.50. The molecule has 1 atom stereocenters. The van der Waals surface area contributed by atoms with Gasteiger partial charge >= 0.3 is 5.97 Å². The molecule has 0 spiro atoms. The predicted octanol–water partition coefficient (Wildman–Crippen LogP) is 8.39. The Morgan fingerprint density at radius 2 is 1.03 bits per heavy atom. The van der Waals surface area contributed by atoms with Crippen molar-refractivity contribution in [3.05, 3.63) is 0 Å². The Labute approximate surface area is 182 Å². The molecule has 1 heterocycles. The summed E-state index contributed by atoms with van der Waals surface area (Å²) in [7, 11) is 0. The van der Waals surface area contributed by atoms with Crippen LogP contribution in [-0.4, -0.2) is 25.3 Å². The molecule has 1 unspecified atom stereocenters. The normalized spacial score (nSPS) is 15.1. The Morgan fingerprint density at radius 1 is 0.690 bits per heavy atom. The topological polar surface area (TPSA) is 38.8 Å². The number of esters is 1. The van der Waals surface area contributed by atoms with E-state index in [0.29, 0.717) is 13.0 Å². The highest BCUT2D eigenvalue weighted by molar-refractivity contribution is 5.69. The van der Waals surface area contributed by atoms with E-state index in [4.69, 9.17) is 9.47 Å². The van der Waals surface area contributed by atoms with Crippen molar-refractivity contribution in [3.8, 4) is 0 Å². The van der Waals surface area contributed by atoms with E-state index in [1.165, 1.54) is 109 Å². The first kappa shape index (κ1) is 28.4. The van der Waals surface area contributed by atoms with Crippen molar-refractivity contribution < 1.29 is 14.3 Å². The summed E-state index contributed by atoms with van der Waals surface area (Å²) < 4.78 is 10.2. The number of epoxide rings is 1. The molecule has 3 heteroatoms. The van der Waals surface area contributed by atoms with Gasteiger partial charge in [-0.25, -0.2) is 0 Å². The summed E-state index contributed by atoms with van der Waals surface area (Å²) in [6.07, 6.45) is 26.9. The van der Waals surface area contributed by atoms with Gasteiger partial charge < -0.3 is 9.47 Å². The lowest BCUT2D eigenvalue weighted by Gasteiger charge is -2.04. The fourth-order valence-corrected chi connectivity index (χ4v) is 3.77. The van der Waals surface area contributed by atoms with Crippen LogP contribution in [0.2, 0.25) is 0 Å². The third-order valence-electron chi connectivity index (χ3n) is 5.82. The van der Waals surface area contributed by atoms with E-state index in [1.54, 1.807) is 0 Å². The lowest BCUT2D eigenvalue weighted by Crippen LogP contribution is -2.09. The Hall–Kier alpha value is -0.570. The third kappa shape index (κ3) is 21.9. The van der Waals surface area contributed by atoms with Crippen molar-refractivity contribution in [1.82, 2.24) is 0 Å². The van der Waals surface area contributed by atoms with Crippen molar-refractivity contribution >= 4 is 5.97 Å². The summed E-state index contributed by atoms with van der Waals surface area (Å²) in [5.41, 5.74) is 0. The summed E-state index contributed by atoms with van der Waals surface area (Å²) >= 11 is 0. The minimum Gasteiger partial charge on any atom is -0.463 e. The van der Waals surface area contributed by atoms with E-state index in [2.05, 4.69) is 6.92 Å². The molecule has 0 aromatic carbocycles. The van der Waals surface area contributed by atoms with E-state index in [0.717, 1.165) is 19.4 Å². The smallest absolute Gasteiger partial charge is 0.305 e. The number of unbranched alkanes of at least 4 members (excludes halogenated alkanes) is 18. The molecule has 174 valence electrons. The van der Waals surface area contributed by atoms with E-state index >= 15 is 0 Å². The Morgan fingerprint density at radius 3 is 1.38 bits per heavy atom. The highest BCUT2D eigenvalue weighted by atomic mass is 16.6. The average Bonchev–Trinajstić information content (AvgIpc) is 3.52. The van der Waals surface area contributed by atoms with Crippen molar-refractivity contribution in [2.75, 3.05) is 13.2 Å². The second kappa shape index (κ2) is 22.1. The molecule has 0 aliphatic carbocycles. The lowest BCUT2D eigenvalue weighted by atomic mass is 10.0. The van der Waals surface area contributed by atoms with Crippen LogP contribution in [0.4, 0.5) is 0 Å². The third-order valence-corrected chi connectivity index (χ3v) is 5.82. The molecule has 0 amide bonds. The summed E-state index contributed by atoms with van der Waals surface area (Å²) in [6, 6.07) is 0. The van der Waals surface area contributed by atoms with Crippen LogP contribution in [0.1, 0.15) is 143 Å². The molecule has 1 aliphatic heterocycles. The molecular weight excluding hydrogens is 360 g/mol. The molecule has 1 rings (SSSR count). The molecule has 29 heavy (non-hydrogen) atoms. The minimum absolute atomic E-state index is 0. The first-order chi connectivity index (χ1) is 13.8. The first-order valence-electron chi connectivity index (χ1n) is 12.6. The Balaban J connectivity index is 0.00000784. The van der Waals surface area contributed by atoms with Crippen molar-refractivity contribution in [2.24, 2.45) is 0 Å². The van der Waals surface area contributed by atoms with Gasteiger partial charge in [0.05, 0.1) is 6.61 Å². The molecule has 0 N–H and O–H groups in total. The van der Waals surface area contributed by atoms with Gasteiger partial charge in [0.1, 0.15) is 12.7 Å². The summed E-state index contributed by atoms with van der Waals surface area (Å²) in [5.74, 6) is -0.0533. The maximum absolute atomic E-state index is 11.5. The number of ether oxygens (including phenoxy) is 2. The number of carbonyl (C=O) groups is 1. The van der Waals surface area contributed by atoms with Crippen LogP contribution in [0, 0.1) is 0 Å². The van der Waals surface area contributed by atoms with Gasteiger partial charge in [0.15, 0.2) is 0 Å². The van der Waals surface area contributed by atoms with Gasteiger partial charge in [-0.3, -0.25) is 4.79 Å². The molecule has 3 nitrogen and oxygen atoms in total. The largest absolute Gasteiger partial charge is 0.463 e. The zero-order valence-electron chi connectivity index (χ0n) is 18.9. The van der Waals surface area contributed by atoms with Gasteiger partial charge in [0.25, 0.3) is 0 Å². The molecule has 0 radical (unpaired) electrons. The SMILES string of the molecule is C.CCCCCCCCCCCCCCCCCCCCCC(=O)OCC1CO1. The van der Waals surface area contributed by atoms with Gasteiger partial charge in [0, 0.05) is 6.42 Å². The zero-order chi connectivity index (χ0) is 20.1. The van der Waals surface area contributed by atoms with E-state index in [9.17, 15) is 4.79 Å². The quantitative estimate of drug-likeness (QED) is 0.102. The monoisotopic (exact) mass is 412 g/mol. The molecule has 0 bridgehead atoms. The molecule has 0 aromatic rings. The van der Waals surface area contributed by atoms with Gasteiger partial charge in [-0.05, 0) is 6.42 Å². The van der Waals surface area contributed by atoms with Crippen LogP contribution in [0.15, 0.2) is 0 Å². The Bertz CT molecular complexity index is 339. The fraction of sp³-hybridized carbons (Fsp3) is 0.962. The average molecular weight is 413 g/mol. The molecule has 1 saturated heterocycles. The summed E-state index contributed by atoms with van der Waals surface area (Å²) in [4.78, 5) is 11.5. The van der Waals surface area contributed by atoms with Gasteiger partial charge in [-0.1, -0.05) is 130 Å².